The second kappa shape index (κ2) is 12.1. The van der Waals surface area contributed by atoms with Crippen molar-refractivity contribution in [2.45, 2.75) is 10.6 Å². The van der Waals surface area contributed by atoms with Crippen LogP contribution in [0.2, 0.25) is 0 Å². The van der Waals surface area contributed by atoms with Crippen LogP contribution in [0.5, 0.6) is 0 Å². The molecule has 52 heavy (non-hydrogen) atoms. The first-order valence-corrected chi connectivity index (χ1v) is 17.1. The van der Waals surface area contributed by atoms with E-state index in [1.54, 1.807) is 0 Å². The van der Waals surface area contributed by atoms with Crippen molar-refractivity contribution in [1.29, 1.82) is 0 Å². The summed E-state index contributed by atoms with van der Waals surface area (Å²) in [5.41, 5.74) is 8.59. The van der Waals surface area contributed by atoms with Crippen molar-refractivity contribution in [3.63, 3.8) is 0 Å². The number of pyridine rings is 1. The Balaban J connectivity index is 1.36. The Hall–Kier alpha value is -5.84. The summed E-state index contributed by atoms with van der Waals surface area (Å²) in [7, 11) is 24.9. The van der Waals surface area contributed by atoms with Crippen LogP contribution in [-0.4, -0.2) is 56.4 Å². The average Bonchev–Trinajstić information content (AvgIpc) is 3.57. The molecule has 0 fully saturated rings. The standard InChI is InChI=1S/C44H27B4N3O/c45-43(46,44(47,48)52)42-50-37-22-9-10-23-39(37)51(42)38-25-24-35(27-13-1-3-15-29(27)38)41-33-19-7-5-17-31(33)40(32-18-6-8-20-34(32)41)30-16-4-2-14-28(30)36-21-11-12-26-49-36/h1-26,52H. The third kappa shape index (κ3) is 4.93. The van der Waals surface area contributed by atoms with E-state index in [0.29, 0.717) is 5.52 Å². The summed E-state index contributed by atoms with van der Waals surface area (Å²) in [6, 6.07) is 51.7. The maximum Gasteiger partial charge on any atom is 0.104 e. The lowest BCUT2D eigenvalue weighted by molar-refractivity contribution is 0.189. The highest BCUT2D eigenvalue weighted by molar-refractivity contribution is 6.53. The monoisotopic (exact) mass is 657 g/mol. The number of benzene rings is 7. The van der Waals surface area contributed by atoms with Gasteiger partial charge in [0, 0.05) is 17.1 Å². The summed E-state index contributed by atoms with van der Waals surface area (Å²) in [6.45, 7) is 0. The molecule has 8 radical (unpaired) electrons. The summed E-state index contributed by atoms with van der Waals surface area (Å²) in [4.78, 5) is 9.48. The van der Waals surface area contributed by atoms with Crippen LogP contribution in [0.1, 0.15) is 5.82 Å². The zero-order chi connectivity index (χ0) is 35.6. The maximum absolute atomic E-state index is 10.7. The lowest BCUT2D eigenvalue weighted by Crippen LogP contribution is -2.55. The highest BCUT2D eigenvalue weighted by Crippen LogP contribution is 2.48. The normalized spacial score (nSPS) is 12.2. The molecule has 0 unspecified atom stereocenters. The SMILES string of the molecule is [B]C([B])(O)C([B])([B])c1nc2ccccc2n1-c1ccc(-c2c3ccccc3c(-c3ccccc3-c3ccccn3)c3ccccc23)c2ccccc12. The second-order valence-electron chi connectivity index (χ2n) is 13.2. The predicted molar refractivity (Wildman–Crippen MR) is 217 cm³/mol. The number of nitrogens with zero attached hydrogens (tertiary/aromatic N) is 3. The van der Waals surface area contributed by atoms with Crippen molar-refractivity contribution >= 4 is 74.7 Å². The van der Waals surface area contributed by atoms with Gasteiger partial charge in [-0.2, -0.15) is 0 Å². The number of aliphatic hydroxyl groups is 1. The molecule has 7 aromatic carbocycles. The number of hydrogen-bond acceptors (Lipinski definition) is 3. The van der Waals surface area contributed by atoms with E-state index in [0.717, 1.165) is 77.0 Å². The van der Waals surface area contributed by atoms with Gasteiger partial charge in [-0.1, -0.05) is 121 Å². The van der Waals surface area contributed by atoms with Crippen LogP contribution in [0.3, 0.4) is 0 Å². The van der Waals surface area contributed by atoms with E-state index >= 15 is 0 Å². The molecular formula is C44H27B4N3O. The molecule has 2 aromatic heterocycles. The molecule has 0 aliphatic rings. The van der Waals surface area contributed by atoms with Crippen molar-refractivity contribution in [3.05, 3.63) is 164 Å². The molecule has 0 atom stereocenters. The van der Waals surface area contributed by atoms with Gasteiger partial charge >= 0.3 is 0 Å². The van der Waals surface area contributed by atoms with E-state index < -0.39 is 10.6 Å². The predicted octanol–water partition coefficient (Wildman–Crippen LogP) is 8.35. The molecule has 8 heteroatoms. The fraction of sp³-hybridized carbons (Fsp3) is 0.0455. The van der Waals surface area contributed by atoms with Gasteiger partial charge in [-0.15, -0.1) is 0 Å². The third-order valence-corrected chi connectivity index (χ3v) is 10.1. The lowest BCUT2D eigenvalue weighted by Gasteiger charge is -2.39. The Morgan fingerprint density at radius 1 is 0.481 bits per heavy atom. The van der Waals surface area contributed by atoms with Gasteiger partial charge < -0.3 is 5.11 Å². The average molecular weight is 657 g/mol. The van der Waals surface area contributed by atoms with Crippen LogP contribution in [0.4, 0.5) is 0 Å². The minimum absolute atomic E-state index is 0.130. The smallest absolute Gasteiger partial charge is 0.104 e. The maximum atomic E-state index is 10.7. The molecule has 0 aliphatic carbocycles. The zero-order valence-corrected chi connectivity index (χ0v) is 28.1. The Morgan fingerprint density at radius 2 is 1.00 bits per heavy atom. The van der Waals surface area contributed by atoms with Gasteiger partial charge in [0.2, 0.25) is 0 Å². The van der Waals surface area contributed by atoms with E-state index in [9.17, 15) is 5.11 Å². The molecule has 4 nitrogen and oxygen atoms in total. The summed E-state index contributed by atoms with van der Waals surface area (Å²) >= 11 is 0. The largest absolute Gasteiger partial charge is 0.410 e. The van der Waals surface area contributed by atoms with Gasteiger partial charge in [-0.3, -0.25) is 9.55 Å². The molecule has 236 valence electrons. The van der Waals surface area contributed by atoms with Crippen molar-refractivity contribution in [2.24, 2.45) is 0 Å². The van der Waals surface area contributed by atoms with E-state index in [1.165, 1.54) is 0 Å². The zero-order valence-electron chi connectivity index (χ0n) is 28.1. The number of aromatic nitrogens is 3. The molecule has 0 aliphatic heterocycles. The summed E-state index contributed by atoms with van der Waals surface area (Å²) in [6.07, 6.45) is 1.84. The fourth-order valence-electron chi connectivity index (χ4n) is 7.58. The van der Waals surface area contributed by atoms with E-state index in [2.05, 4.69) is 97.1 Å². The molecule has 9 aromatic rings. The van der Waals surface area contributed by atoms with E-state index in [1.807, 2.05) is 65.4 Å². The Kier molecular flexibility index (Phi) is 7.49. The van der Waals surface area contributed by atoms with Gasteiger partial charge in [-0.05, 0) is 90.1 Å². The quantitative estimate of drug-likeness (QED) is 0.145. The van der Waals surface area contributed by atoms with Crippen LogP contribution in [0, 0.1) is 0 Å². The summed E-state index contributed by atoms with van der Waals surface area (Å²) < 4.78 is 1.85. The van der Waals surface area contributed by atoms with Gasteiger partial charge in [0.05, 0.1) is 53.8 Å². The summed E-state index contributed by atoms with van der Waals surface area (Å²) in [5.74, 6) is 0.130. The first kappa shape index (κ1) is 32.1. The van der Waals surface area contributed by atoms with Gasteiger partial charge in [-0.25, -0.2) is 4.98 Å². The number of imidazole rings is 1. The van der Waals surface area contributed by atoms with Crippen LogP contribution >= 0.6 is 0 Å². The van der Waals surface area contributed by atoms with Crippen molar-refractivity contribution in [2.75, 3.05) is 0 Å². The molecule has 0 saturated carbocycles. The Bertz CT molecular complexity index is 2770. The first-order chi connectivity index (χ1) is 25.2. The number of para-hydroxylation sites is 2. The van der Waals surface area contributed by atoms with Crippen LogP contribution < -0.4 is 0 Å². The Morgan fingerprint density at radius 3 is 1.62 bits per heavy atom. The van der Waals surface area contributed by atoms with Crippen molar-refractivity contribution < 1.29 is 5.11 Å². The molecule has 2 heterocycles. The minimum atomic E-state index is -2.46. The number of hydrogen-bond donors (Lipinski definition) is 1. The molecule has 0 saturated heterocycles. The highest BCUT2D eigenvalue weighted by atomic mass is 16.3. The van der Waals surface area contributed by atoms with E-state index in [-0.39, 0.29) is 5.82 Å². The summed E-state index contributed by atoms with van der Waals surface area (Å²) in [5, 5.41) is 12.6. The van der Waals surface area contributed by atoms with Crippen LogP contribution in [0.15, 0.2) is 158 Å². The molecule has 0 amide bonds. The highest BCUT2D eigenvalue weighted by Gasteiger charge is 2.39. The fourth-order valence-corrected chi connectivity index (χ4v) is 7.58. The Labute approximate surface area is 306 Å². The minimum Gasteiger partial charge on any atom is -0.410 e. The van der Waals surface area contributed by atoms with Crippen molar-refractivity contribution in [1.82, 2.24) is 14.5 Å². The number of rotatable bonds is 6. The molecule has 0 spiro atoms. The lowest BCUT2D eigenvalue weighted by atomic mass is 9.35. The first-order valence-electron chi connectivity index (χ1n) is 17.1. The van der Waals surface area contributed by atoms with Gasteiger partial charge in [0.1, 0.15) is 5.82 Å². The van der Waals surface area contributed by atoms with Crippen LogP contribution in [0.25, 0.3) is 82.5 Å². The number of fused-ring (bicyclic) bond motifs is 4. The van der Waals surface area contributed by atoms with Gasteiger partial charge in [0.15, 0.2) is 0 Å². The second-order valence-corrected chi connectivity index (χ2v) is 13.2. The molecule has 0 bridgehead atoms. The van der Waals surface area contributed by atoms with Crippen LogP contribution in [-0.2, 0) is 5.21 Å². The topological polar surface area (TPSA) is 50.9 Å². The molecule has 1 N–H and O–H groups in total. The molecular weight excluding hydrogens is 630 g/mol. The van der Waals surface area contributed by atoms with Gasteiger partial charge in [0.25, 0.3) is 0 Å². The van der Waals surface area contributed by atoms with E-state index in [4.69, 9.17) is 41.4 Å². The molecule has 9 rings (SSSR count). The van der Waals surface area contributed by atoms with Crippen molar-refractivity contribution in [3.8, 4) is 39.2 Å². The third-order valence-electron chi connectivity index (χ3n) is 10.1.